The summed E-state index contributed by atoms with van der Waals surface area (Å²) >= 11 is 0. The average molecular weight is 350 g/mol. The van der Waals surface area contributed by atoms with E-state index in [-0.39, 0.29) is 18.3 Å². The number of hydrogen-bond acceptors (Lipinski definition) is 4. The number of nitrogens with zero attached hydrogens (tertiary/aromatic N) is 2. The Hall–Kier alpha value is -1.85. The van der Waals surface area contributed by atoms with Crippen molar-refractivity contribution in [2.45, 2.75) is 25.8 Å². The van der Waals surface area contributed by atoms with E-state index in [1.54, 1.807) is 7.11 Å². The molecule has 5 nitrogen and oxygen atoms in total. The van der Waals surface area contributed by atoms with Crippen LogP contribution in [0.4, 0.5) is 0 Å². The summed E-state index contributed by atoms with van der Waals surface area (Å²) in [6.45, 7) is 3.49. The monoisotopic (exact) mass is 349 g/mol. The SMILES string of the molecule is CNC1CCN(C(=O)c2cc3ccc(OC)cc3nc2C)CC1.Cl. The van der Waals surface area contributed by atoms with Crippen LogP contribution in [0.25, 0.3) is 10.9 Å². The number of amides is 1. The zero-order valence-corrected chi connectivity index (χ0v) is 15.2. The molecule has 1 fully saturated rings. The molecule has 0 unspecified atom stereocenters. The molecular formula is C18H24ClN3O2. The highest BCUT2D eigenvalue weighted by atomic mass is 35.5. The lowest BCUT2D eigenvalue weighted by atomic mass is 10.0. The van der Waals surface area contributed by atoms with E-state index >= 15 is 0 Å². The van der Waals surface area contributed by atoms with Crippen molar-refractivity contribution in [2.75, 3.05) is 27.2 Å². The van der Waals surface area contributed by atoms with E-state index in [1.807, 2.05) is 43.1 Å². The summed E-state index contributed by atoms with van der Waals surface area (Å²) < 4.78 is 5.23. The molecule has 24 heavy (non-hydrogen) atoms. The summed E-state index contributed by atoms with van der Waals surface area (Å²) in [7, 11) is 3.62. The number of carbonyl (C=O) groups is 1. The van der Waals surface area contributed by atoms with Crippen LogP contribution in [0.1, 0.15) is 28.9 Å². The Kier molecular flexibility index (Phi) is 6.02. The molecule has 1 aromatic carbocycles. The summed E-state index contributed by atoms with van der Waals surface area (Å²) in [6, 6.07) is 8.21. The molecule has 1 aromatic heterocycles. The summed E-state index contributed by atoms with van der Waals surface area (Å²) in [6.07, 6.45) is 2.00. The Morgan fingerprint density at radius 2 is 2.00 bits per heavy atom. The fourth-order valence-corrected chi connectivity index (χ4v) is 3.13. The zero-order valence-electron chi connectivity index (χ0n) is 14.3. The molecule has 0 aliphatic carbocycles. The van der Waals surface area contributed by atoms with E-state index in [2.05, 4.69) is 10.3 Å². The van der Waals surface area contributed by atoms with Gasteiger partial charge in [0.1, 0.15) is 5.75 Å². The third-order valence-corrected chi connectivity index (χ3v) is 4.64. The van der Waals surface area contributed by atoms with Crippen LogP contribution in [0, 0.1) is 6.92 Å². The van der Waals surface area contributed by atoms with Crippen molar-refractivity contribution in [1.29, 1.82) is 0 Å². The molecule has 6 heteroatoms. The number of fused-ring (bicyclic) bond motifs is 1. The highest BCUT2D eigenvalue weighted by Crippen LogP contribution is 2.23. The molecule has 0 radical (unpaired) electrons. The van der Waals surface area contributed by atoms with E-state index < -0.39 is 0 Å². The predicted octanol–water partition coefficient (Wildman–Crippen LogP) is 2.80. The van der Waals surface area contributed by atoms with Gasteiger partial charge in [0.2, 0.25) is 0 Å². The maximum atomic E-state index is 12.8. The molecule has 1 saturated heterocycles. The largest absolute Gasteiger partial charge is 0.497 e. The Bertz CT molecular complexity index is 728. The van der Waals surface area contributed by atoms with Gasteiger partial charge in [-0.25, -0.2) is 0 Å². The molecule has 0 bridgehead atoms. The number of ether oxygens (including phenoxy) is 1. The number of likely N-dealkylation sites (tertiary alicyclic amines) is 1. The average Bonchev–Trinajstić information content (AvgIpc) is 2.60. The van der Waals surface area contributed by atoms with Gasteiger partial charge in [0, 0.05) is 30.6 Å². The third kappa shape index (κ3) is 3.62. The summed E-state index contributed by atoms with van der Waals surface area (Å²) in [5.41, 5.74) is 2.32. The first kappa shape index (κ1) is 18.5. The van der Waals surface area contributed by atoms with Crippen molar-refractivity contribution < 1.29 is 9.53 Å². The molecule has 3 rings (SSSR count). The number of hydrogen-bond donors (Lipinski definition) is 1. The fraction of sp³-hybridized carbons (Fsp3) is 0.444. The number of pyridine rings is 1. The number of carbonyl (C=O) groups excluding carboxylic acids is 1. The minimum atomic E-state index is 0. The lowest BCUT2D eigenvalue weighted by molar-refractivity contribution is 0.0706. The predicted molar refractivity (Wildman–Crippen MR) is 98.3 cm³/mol. The van der Waals surface area contributed by atoms with Crippen molar-refractivity contribution in [3.63, 3.8) is 0 Å². The first-order valence-electron chi connectivity index (χ1n) is 8.04. The van der Waals surface area contributed by atoms with Crippen molar-refractivity contribution in [3.8, 4) is 5.75 Å². The molecule has 2 aromatic rings. The first-order valence-corrected chi connectivity index (χ1v) is 8.04. The highest BCUT2D eigenvalue weighted by molar-refractivity contribution is 5.98. The fourth-order valence-electron chi connectivity index (χ4n) is 3.13. The lowest BCUT2D eigenvalue weighted by Gasteiger charge is -2.32. The second kappa shape index (κ2) is 7.81. The minimum Gasteiger partial charge on any atom is -0.497 e. The van der Waals surface area contributed by atoms with Gasteiger partial charge in [-0.05, 0) is 45.0 Å². The van der Waals surface area contributed by atoms with Crippen LogP contribution in [0.15, 0.2) is 24.3 Å². The van der Waals surface area contributed by atoms with Crippen molar-refractivity contribution >= 4 is 29.2 Å². The topological polar surface area (TPSA) is 54.5 Å². The van der Waals surface area contributed by atoms with Gasteiger partial charge < -0.3 is 15.0 Å². The van der Waals surface area contributed by atoms with Crippen LogP contribution in [-0.4, -0.2) is 49.1 Å². The van der Waals surface area contributed by atoms with Gasteiger partial charge in [0.25, 0.3) is 5.91 Å². The van der Waals surface area contributed by atoms with Crippen LogP contribution < -0.4 is 10.1 Å². The van der Waals surface area contributed by atoms with Gasteiger partial charge in [-0.3, -0.25) is 9.78 Å². The van der Waals surface area contributed by atoms with Crippen molar-refractivity contribution in [3.05, 3.63) is 35.5 Å². The number of rotatable bonds is 3. The number of aromatic nitrogens is 1. The molecule has 1 aliphatic rings. The van der Waals surface area contributed by atoms with Crippen LogP contribution in [0.3, 0.4) is 0 Å². The van der Waals surface area contributed by atoms with Crippen LogP contribution in [0.2, 0.25) is 0 Å². The van der Waals surface area contributed by atoms with Crippen molar-refractivity contribution in [1.82, 2.24) is 15.2 Å². The zero-order chi connectivity index (χ0) is 16.4. The summed E-state index contributed by atoms with van der Waals surface area (Å²) in [5, 5.41) is 4.25. The number of benzene rings is 1. The minimum absolute atomic E-state index is 0. The van der Waals surface area contributed by atoms with Gasteiger partial charge in [0.15, 0.2) is 0 Å². The number of methoxy groups -OCH3 is 1. The maximum absolute atomic E-state index is 12.8. The van der Waals surface area contributed by atoms with Gasteiger partial charge in [-0.1, -0.05) is 0 Å². The first-order chi connectivity index (χ1) is 11.1. The number of halogens is 1. The molecule has 0 saturated carbocycles. The molecular weight excluding hydrogens is 326 g/mol. The Morgan fingerprint density at radius 3 is 2.62 bits per heavy atom. The van der Waals surface area contributed by atoms with Gasteiger partial charge >= 0.3 is 0 Å². The van der Waals surface area contributed by atoms with Crippen LogP contribution in [0.5, 0.6) is 5.75 Å². The quantitative estimate of drug-likeness (QED) is 0.925. The van der Waals surface area contributed by atoms with Gasteiger partial charge in [-0.2, -0.15) is 0 Å². The Labute approximate surface area is 148 Å². The van der Waals surface area contributed by atoms with Gasteiger partial charge in [0.05, 0.1) is 23.9 Å². The molecule has 2 heterocycles. The molecule has 1 amide bonds. The van der Waals surface area contributed by atoms with Crippen LogP contribution >= 0.6 is 12.4 Å². The summed E-state index contributed by atoms with van der Waals surface area (Å²) in [5.74, 6) is 0.861. The summed E-state index contributed by atoms with van der Waals surface area (Å²) in [4.78, 5) is 19.4. The van der Waals surface area contributed by atoms with E-state index in [9.17, 15) is 4.79 Å². The smallest absolute Gasteiger partial charge is 0.255 e. The highest BCUT2D eigenvalue weighted by Gasteiger charge is 2.24. The second-order valence-corrected chi connectivity index (χ2v) is 6.04. The Balaban J connectivity index is 0.00000208. The van der Waals surface area contributed by atoms with E-state index in [0.29, 0.717) is 11.6 Å². The molecule has 1 N–H and O–H groups in total. The lowest BCUT2D eigenvalue weighted by Crippen LogP contribution is -2.44. The number of aryl methyl sites for hydroxylation is 1. The Morgan fingerprint density at radius 1 is 1.29 bits per heavy atom. The number of piperidine rings is 1. The molecule has 130 valence electrons. The van der Waals surface area contributed by atoms with Gasteiger partial charge in [-0.15, -0.1) is 12.4 Å². The molecule has 0 spiro atoms. The second-order valence-electron chi connectivity index (χ2n) is 6.04. The van der Waals surface area contributed by atoms with Crippen molar-refractivity contribution in [2.24, 2.45) is 0 Å². The van der Waals surface area contributed by atoms with E-state index in [0.717, 1.165) is 48.3 Å². The molecule has 0 atom stereocenters. The van der Waals surface area contributed by atoms with E-state index in [1.165, 1.54) is 0 Å². The van der Waals surface area contributed by atoms with E-state index in [4.69, 9.17) is 4.74 Å². The number of nitrogens with one attached hydrogen (secondary N) is 1. The normalized spacial score (nSPS) is 15.2. The standard InChI is InChI=1S/C18H23N3O2.ClH/c1-12-16(18(22)21-8-6-14(19-2)7-9-21)10-13-4-5-15(23-3)11-17(13)20-12;/h4-5,10-11,14,19H,6-9H2,1-3H3;1H. The maximum Gasteiger partial charge on any atom is 0.255 e. The van der Waals surface area contributed by atoms with Crippen LogP contribution in [-0.2, 0) is 0 Å². The molecule has 1 aliphatic heterocycles. The third-order valence-electron chi connectivity index (χ3n) is 4.64.